The summed E-state index contributed by atoms with van der Waals surface area (Å²) in [6.07, 6.45) is 3.90. The highest BCUT2D eigenvalue weighted by molar-refractivity contribution is 5.94. The predicted molar refractivity (Wildman–Crippen MR) is 107 cm³/mol. The largest absolute Gasteiger partial charge is 0.495 e. The molecule has 1 aliphatic heterocycles. The molecule has 4 rings (SSSR count). The van der Waals surface area contributed by atoms with Crippen LogP contribution in [0, 0.1) is 0 Å². The van der Waals surface area contributed by atoms with E-state index in [2.05, 4.69) is 9.97 Å². The van der Waals surface area contributed by atoms with E-state index in [1.54, 1.807) is 24.3 Å². The molecule has 0 fully saturated rings. The summed E-state index contributed by atoms with van der Waals surface area (Å²) < 4.78 is 11.0. The summed E-state index contributed by atoms with van der Waals surface area (Å²) in [6.45, 7) is 1.50. The number of aromatic amines is 1. The number of ether oxygens (including phenoxy) is 2. The van der Waals surface area contributed by atoms with Crippen LogP contribution in [-0.2, 0) is 19.6 Å². The minimum absolute atomic E-state index is 0.0966. The quantitative estimate of drug-likeness (QED) is 0.723. The third kappa shape index (κ3) is 4.29. The molecule has 29 heavy (non-hydrogen) atoms. The molecule has 1 aliphatic rings. The Morgan fingerprint density at radius 3 is 2.72 bits per heavy atom. The first-order valence-corrected chi connectivity index (χ1v) is 9.34. The number of carbonyl (C=O) groups excluding carboxylic acids is 1. The Bertz CT molecular complexity index is 1060. The molecule has 148 valence electrons. The number of amides is 1. The van der Waals surface area contributed by atoms with Crippen molar-refractivity contribution in [3.05, 3.63) is 87.6 Å². The molecular formula is C22H21N3O4. The number of methoxy groups -OCH3 is 1. The van der Waals surface area contributed by atoms with E-state index in [0.717, 1.165) is 23.4 Å². The third-order valence-corrected chi connectivity index (χ3v) is 4.93. The number of nitrogens with one attached hydrogen (secondary N) is 1. The van der Waals surface area contributed by atoms with Crippen molar-refractivity contribution < 1.29 is 14.3 Å². The molecule has 0 saturated carbocycles. The summed E-state index contributed by atoms with van der Waals surface area (Å²) in [5.74, 6) is 1.34. The molecule has 3 aromatic rings. The van der Waals surface area contributed by atoms with E-state index >= 15 is 0 Å². The number of hydrogen-bond acceptors (Lipinski definition) is 5. The van der Waals surface area contributed by atoms with Crippen LogP contribution in [0.4, 0.5) is 0 Å². The topological polar surface area (TPSA) is 84.5 Å². The first kappa shape index (κ1) is 18.7. The van der Waals surface area contributed by atoms with Gasteiger partial charge < -0.3 is 19.4 Å². The summed E-state index contributed by atoms with van der Waals surface area (Å²) in [4.78, 5) is 32.6. The van der Waals surface area contributed by atoms with Gasteiger partial charge in [0.2, 0.25) is 5.56 Å². The highest BCUT2D eigenvalue weighted by atomic mass is 16.5. The van der Waals surface area contributed by atoms with E-state index < -0.39 is 0 Å². The second-order valence-corrected chi connectivity index (χ2v) is 6.83. The molecule has 0 saturated heterocycles. The lowest BCUT2D eigenvalue weighted by atomic mass is 9.99. The molecule has 7 nitrogen and oxygen atoms in total. The van der Waals surface area contributed by atoms with Gasteiger partial charge in [-0.1, -0.05) is 6.07 Å². The van der Waals surface area contributed by atoms with Crippen LogP contribution in [0.15, 0.2) is 59.7 Å². The molecule has 0 spiro atoms. The van der Waals surface area contributed by atoms with Gasteiger partial charge >= 0.3 is 0 Å². The Kier molecular flexibility index (Phi) is 5.29. The van der Waals surface area contributed by atoms with Crippen LogP contribution in [-0.4, -0.2) is 34.4 Å². The van der Waals surface area contributed by atoms with Gasteiger partial charge in [0, 0.05) is 25.4 Å². The van der Waals surface area contributed by atoms with Crippen molar-refractivity contribution in [3.8, 4) is 11.5 Å². The van der Waals surface area contributed by atoms with Crippen molar-refractivity contribution in [2.45, 2.75) is 19.6 Å². The summed E-state index contributed by atoms with van der Waals surface area (Å²) in [6, 6.07) is 12.6. The van der Waals surface area contributed by atoms with Gasteiger partial charge in [-0.05, 0) is 47.9 Å². The predicted octanol–water partition coefficient (Wildman–Crippen LogP) is 2.56. The summed E-state index contributed by atoms with van der Waals surface area (Å²) in [5, 5.41) is 0. The third-order valence-electron chi connectivity index (χ3n) is 4.93. The molecule has 0 atom stereocenters. The van der Waals surface area contributed by atoms with Crippen molar-refractivity contribution in [1.29, 1.82) is 0 Å². The maximum Gasteiger partial charge on any atom is 0.255 e. The van der Waals surface area contributed by atoms with Gasteiger partial charge in [-0.15, -0.1) is 0 Å². The van der Waals surface area contributed by atoms with Crippen LogP contribution in [0.2, 0.25) is 0 Å². The Morgan fingerprint density at radius 2 is 2.00 bits per heavy atom. The number of nitrogens with zero attached hydrogens (tertiary/aromatic N) is 2. The second-order valence-electron chi connectivity index (χ2n) is 6.83. The first-order valence-electron chi connectivity index (χ1n) is 9.34. The zero-order valence-electron chi connectivity index (χ0n) is 16.1. The molecule has 0 unspecified atom stereocenters. The SMILES string of the molecule is COc1ccc(COc2ccc3c(c2)CN(C(=O)c2ccc(=O)[nH]c2)CC3)nc1. The van der Waals surface area contributed by atoms with Crippen LogP contribution < -0.4 is 15.0 Å². The molecule has 1 amide bonds. The number of H-pyrrole nitrogens is 1. The molecular weight excluding hydrogens is 370 g/mol. The molecule has 3 heterocycles. The van der Waals surface area contributed by atoms with Gasteiger partial charge in [0.1, 0.15) is 18.1 Å². The standard InChI is InChI=1S/C22H21N3O4/c1-28-20-6-4-18(23-12-20)14-29-19-5-2-15-8-9-25(13-17(15)10-19)22(27)16-3-7-21(26)24-11-16/h2-7,10-12H,8-9,13-14H2,1H3,(H,24,26). The van der Waals surface area contributed by atoms with E-state index in [1.807, 2.05) is 30.3 Å². The highest BCUT2D eigenvalue weighted by Gasteiger charge is 2.22. The van der Waals surface area contributed by atoms with Crippen LogP contribution >= 0.6 is 0 Å². The van der Waals surface area contributed by atoms with Gasteiger partial charge in [-0.2, -0.15) is 0 Å². The summed E-state index contributed by atoms with van der Waals surface area (Å²) in [5.41, 5.74) is 3.34. The van der Waals surface area contributed by atoms with Crippen molar-refractivity contribution in [3.63, 3.8) is 0 Å². The van der Waals surface area contributed by atoms with E-state index in [-0.39, 0.29) is 11.5 Å². The van der Waals surface area contributed by atoms with Crippen LogP contribution in [0.3, 0.4) is 0 Å². The summed E-state index contributed by atoms with van der Waals surface area (Å²) >= 11 is 0. The monoisotopic (exact) mass is 391 g/mol. The van der Waals surface area contributed by atoms with Gasteiger partial charge in [-0.3, -0.25) is 14.6 Å². The Labute approximate surface area is 167 Å². The number of aromatic nitrogens is 2. The fourth-order valence-corrected chi connectivity index (χ4v) is 3.30. The fourth-order valence-electron chi connectivity index (χ4n) is 3.30. The van der Waals surface area contributed by atoms with Crippen molar-refractivity contribution in [2.75, 3.05) is 13.7 Å². The van der Waals surface area contributed by atoms with Crippen LogP contribution in [0.25, 0.3) is 0 Å². The lowest BCUT2D eigenvalue weighted by Crippen LogP contribution is -2.36. The van der Waals surface area contributed by atoms with Gasteiger partial charge in [0.25, 0.3) is 5.91 Å². The number of benzene rings is 1. The number of pyridine rings is 2. The average molecular weight is 391 g/mol. The molecule has 1 N–H and O–H groups in total. The number of hydrogen-bond donors (Lipinski definition) is 1. The molecule has 0 radical (unpaired) electrons. The van der Waals surface area contributed by atoms with E-state index in [4.69, 9.17) is 9.47 Å². The van der Waals surface area contributed by atoms with Crippen LogP contribution in [0.5, 0.6) is 11.5 Å². The first-order chi connectivity index (χ1) is 14.1. The zero-order chi connectivity index (χ0) is 20.2. The van der Waals surface area contributed by atoms with Crippen molar-refractivity contribution >= 4 is 5.91 Å². The Hall–Kier alpha value is -3.61. The minimum atomic E-state index is -0.223. The number of fused-ring (bicyclic) bond motifs is 1. The van der Waals surface area contributed by atoms with Crippen molar-refractivity contribution in [2.24, 2.45) is 0 Å². The molecule has 1 aromatic carbocycles. The maximum atomic E-state index is 12.7. The lowest BCUT2D eigenvalue weighted by Gasteiger charge is -2.29. The molecule has 7 heteroatoms. The smallest absolute Gasteiger partial charge is 0.255 e. The molecule has 0 aliphatic carbocycles. The second kappa shape index (κ2) is 8.18. The number of rotatable bonds is 5. The zero-order valence-corrected chi connectivity index (χ0v) is 16.1. The van der Waals surface area contributed by atoms with Gasteiger partial charge in [0.15, 0.2) is 0 Å². The van der Waals surface area contributed by atoms with E-state index in [1.165, 1.54) is 17.8 Å². The average Bonchev–Trinajstić information content (AvgIpc) is 2.77. The molecule has 2 aromatic heterocycles. The van der Waals surface area contributed by atoms with E-state index in [0.29, 0.717) is 31.0 Å². The summed E-state index contributed by atoms with van der Waals surface area (Å²) in [7, 11) is 1.60. The van der Waals surface area contributed by atoms with Crippen molar-refractivity contribution in [1.82, 2.24) is 14.9 Å². The van der Waals surface area contributed by atoms with Crippen LogP contribution in [0.1, 0.15) is 27.2 Å². The number of carbonyl (C=O) groups is 1. The molecule has 0 bridgehead atoms. The Morgan fingerprint density at radius 1 is 1.14 bits per heavy atom. The highest BCUT2D eigenvalue weighted by Crippen LogP contribution is 2.25. The minimum Gasteiger partial charge on any atom is -0.495 e. The Balaban J connectivity index is 1.44. The lowest BCUT2D eigenvalue weighted by molar-refractivity contribution is 0.0734. The van der Waals surface area contributed by atoms with E-state index in [9.17, 15) is 9.59 Å². The van der Waals surface area contributed by atoms with Gasteiger partial charge in [0.05, 0.1) is 24.6 Å². The fraction of sp³-hybridized carbons (Fsp3) is 0.227. The maximum absolute atomic E-state index is 12.7. The van der Waals surface area contributed by atoms with Gasteiger partial charge in [-0.25, -0.2) is 0 Å². The normalized spacial score (nSPS) is 12.9.